The molecule has 0 fully saturated rings. The maximum atomic E-state index is 8.72. The van der Waals surface area contributed by atoms with E-state index in [0.29, 0.717) is 12.3 Å². The average molecular weight is 328 g/mol. The fraction of sp³-hybridized carbons (Fsp3) is 0.400. The van der Waals surface area contributed by atoms with Gasteiger partial charge in [0.05, 0.1) is 5.69 Å². The molecule has 0 amide bonds. The fourth-order valence-electron chi connectivity index (χ4n) is 2.59. The summed E-state index contributed by atoms with van der Waals surface area (Å²) in [5, 5.41) is 12.0. The van der Waals surface area contributed by atoms with Crippen molar-refractivity contribution in [2.75, 3.05) is 25.4 Å². The van der Waals surface area contributed by atoms with Gasteiger partial charge in [0.25, 0.3) is 0 Å². The number of ether oxygens (including phenoxy) is 1. The van der Waals surface area contributed by atoms with Gasteiger partial charge in [-0.3, -0.25) is 0 Å². The second-order valence-electron chi connectivity index (χ2n) is 6.08. The third-order valence-corrected chi connectivity index (χ3v) is 3.88. The van der Waals surface area contributed by atoms with Gasteiger partial charge in [-0.05, 0) is 62.5 Å². The monoisotopic (exact) mass is 328 g/mol. The third-order valence-electron chi connectivity index (χ3n) is 3.88. The van der Waals surface area contributed by atoms with Gasteiger partial charge < -0.3 is 20.9 Å². The first-order chi connectivity index (χ1) is 11.7. The molecule has 0 radical (unpaired) electrons. The maximum absolute atomic E-state index is 8.72. The van der Waals surface area contributed by atoms with Gasteiger partial charge in [0.1, 0.15) is 12.4 Å². The lowest BCUT2D eigenvalue weighted by atomic mass is 10.1. The summed E-state index contributed by atoms with van der Waals surface area (Å²) < 4.78 is 5.84. The van der Waals surface area contributed by atoms with Crippen LogP contribution in [0.5, 0.6) is 5.75 Å². The molecule has 0 aromatic heterocycles. The summed E-state index contributed by atoms with van der Waals surface area (Å²) in [5.74, 6) is 0.737. The smallest absolute Gasteiger partial charge is 0.142 e. The lowest BCUT2D eigenvalue weighted by Gasteiger charge is -2.11. The summed E-state index contributed by atoms with van der Waals surface area (Å²) in [7, 11) is 0. The van der Waals surface area contributed by atoms with E-state index < -0.39 is 0 Å². The van der Waals surface area contributed by atoms with Crippen LogP contribution in [0.2, 0.25) is 0 Å². The van der Waals surface area contributed by atoms with Gasteiger partial charge in [0.2, 0.25) is 0 Å². The summed E-state index contributed by atoms with van der Waals surface area (Å²) in [5.41, 5.74) is 10.4. The molecule has 0 atom stereocenters. The van der Waals surface area contributed by atoms with Gasteiger partial charge >= 0.3 is 0 Å². The average Bonchev–Trinajstić information content (AvgIpc) is 2.57. The largest absolute Gasteiger partial charge is 0.487 e. The zero-order valence-corrected chi connectivity index (χ0v) is 14.4. The molecule has 0 unspecified atom stereocenters. The maximum Gasteiger partial charge on any atom is 0.142 e. The van der Waals surface area contributed by atoms with Crippen LogP contribution in [0.1, 0.15) is 29.5 Å². The number of rotatable bonds is 10. The molecule has 0 aliphatic carbocycles. The number of anilines is 1. The van der Waals surface area contributed by atoms with E-state index in [-0.39, 0.29) is 6.61 Å². The Balaban J connectivity index is 1.79. The Kier molecular flexibility index (Phi) is 7.59. The Morgan fingerprint density at radius 3 is 2.62 bits per heavy atom. The van der Waals surface area contributed by atoms with Crippen LogP contribution in [0.15, 0.2) is 42.5 Å². The lowest BCUT2D eigenvalue weighted by molar-refractivity contribution is 0.286. The number of hydrogen-bond acceptors (Lipinski definition) is 4. The highest BCUT2D eigenvalue weighted by atomic mass is 16.5. The minimum Gasteiger partial charge on any atom is -0.487 e. The first kappa shape index (κ1) is 18.3. The molecule has 24 heavy (non-hydrogen) atoms. The molecule has 2 rings (SSSR count). The lowest BCUT2D eigenvalue weighted by Crippen LogP contribution is -2.18. The van der Waals surface area contributed by atoms with Crippen molar-refractivity contribution < 1.29 is 9.84 Å². The topological polar surface area (TPSA) is 67.5 Å². The zero-order chi connectivity index (χ0) is 17.2. The summed E-state index contributed by atoms with van der Waals surface area (Å²) in [6, 6.07) is 14.3. The molecule has 0 saturated carbocycles. The van der Waals surface area contributed by atoms with E-state index in [4.69, 9.17) is 15.6 Å². The Labute approximate surface area is 144 Å². The summed E-state index contributed by atoms with van der Waals surface area (Å²) in [6.07, 6.45) is 2.84. The molecular formula is C20H28N2O2. The van der Waals surface area contributed by atoms with Crippen molar-refractivity contribution in [3.8, 4) is 5.75 Å². The van der Waals surface area contributed by atoms with Crippen LogP contribution in [-0.2, 0) is 13.0 Å². The van der Waals surface area contributed by atoms with Gasteiger partial charge in [-0.15, -0.1) is 0 Å². The predicted octanol–water partition coefficient (Wildman–Crippen LogP) is 3.06. The SMILES string of the molecule is Cc1cccc(COc2ccc(CCCNCCCO)cc2N)c1. The van der Waals surface area contributed by atoms with Crippen molar-refractivity contribution in [1.29, 1.82) is 0 Å². The summed E-state index contributed by atoms with van der Waals surface area (Å²) >= 11 is 0. The van der Waals surface area contributed by atoms with Crippen LogP contribution in [-0.4, -0.2) is 24.8 Å². The molecule has 4 nitrogen and oxygen atoms in total. The van der Waals surface area contributed by atoms with Crippen molar-refractivity contribution in [2.24, 2.45) is 0 Å². The molecule has 2 aromatic carbocycles. The van der Waals surface area contributed by atoms with Crippen LogP contribution in [0.4, 0.5) is 5.69 Å². The van der Waals surface area contributed by atoms with Crippen LogP contribution in [0, 0.1) is 6.92 Å². The molecule has 0 bridgehead atoms. The van der Waals surface area contributed by atoms with Gasteiger partial charge in [0, 0.05) is 6.61 Å². The number of nitrogens with two attached hydrogens (primary N) is 1. The predicted molar refractivity (Wildman–Crippen MR) is 99.3 cm³/mol. The van der Waals surface area contributed by atoms with Crippen molar-refractivity contribution in [1.82, 2.24) is 5.32 Å². The number of nitrogens with one attached hydrogen (secondary N) is 1. The molecule has 0 aliphatic heterocycles. The van der Waals surface area contributed by atoms with Crippen molar-refractivity contribution in [3.05, 3.63) is 59.2 Å². The van der Waals surface area contributed by atoms with E-state index in [9.17, 15) is 0 Å². The molecule has 2 aromatic rings. The normalized spacial score (nSPS) is 10.8. The summed E-state index contributed by atoms with van der Waals surface area (Å²) in [4.78, 5) is 0. The van der Waals surface area contributed by atoms with E-state index in [0.717, 1.165) is 43.7 Å². The molecule has 0 spiro atoms. The molecule has 0 saturated heterocycles. The number of nitrogen functional groups attached to an aromatic ring is 1. The Morgan fingerprint density at radius 1 is 1.04 bits per heavy atom. The Morgan fingerprint density at radius 2 is 1.88 bits per heavy atom. The van der Waals surface area contributed by atoms with Crippen LogP contribution >= 0.6 is 0 Å². The molecule has 0 heterocycles. The Hall–Kier alpha value is -2.04. The minimum absolute atomic E-state index is 0.244. The van der Waals surface area contributed by atoms with Crippen molar-refractivity contribution in [3.63, 3.8) is 0 Å². The van der Waals surface area contributed by atoms with Crippen LogP contribution in [0.3, 0.4) is 0 Å². The highest BCUT2D eigenvalue weighted by Crippen LogP contribution is 2.24. The number of aliphatic hydroxyl groups is 1. The second kappa shape index (κ2) is 9.96. The molecule has 4 heteroatoms. The van der Waals surface area contributed by atoms with Crippen LogP contribution < -0.4 is 15.8 Å². The van der Waals surface area contributed by atoms with Gasteiger partial charge in [-0.1, -0.05) is 35.9 Å². The first-order valence-electron chi connectivity index (χ1n) is 8.57. The van der Waals surface area contributed by atoms with E-state index in [1.165, 1.54) is 11.1 Å². The zero-order valence-electron chi connectivity index (χ0n) is 14.4. The van der Waals surface area contributed by atoms with E-state index >= 15 is 0 Å². The fourth-order valence-corrected chi connectivity index (χ4v) is 2.59. The highest BCUT2D eigenvalue weighted by Gasteiger charge is 2.03. The first-order valence-corrected chi connectivity index (χ1v) is 8.57. The number of hydrogen-bond donors (Lipinski definition) is 3. The van der Waals surface area contributed by atoms with E-state index in [2.05, 4.69) is 36.5 Å². The number of aliphatic hydroxyl groups excluding tert-OH is 1. The van der Waals surface area contributed by atoms with E-state index in [1.807, 2.05) is 18.2 Å². The third kappa shape index (κ3) is 6.22. The molecule has 130 valence electrons. The number of benzene rings is 2. The highest BCUT2D eigenvalue weighted by molar-refractivity contribution is 5.54. The standard InChI is InChI=1S/C20H28N2O2/c1-16-5-2-6-18(13-16)15-24-20-9-8-17(14-19(20)21)7-3-10-22-11-4-12-23/h2,5-6,8-9,13-14,22-23H,3-4,7,10-12,15,21H2,1H3. The molecular weight excluding hydrogens is 300 g/mol. The Bertz CT molecular complexity index is 629. The van der Waals surface area contributed by atoms with Crippen molar-refractivity contribution >= 4 is 5.69 Å². The second-order valence-corrected chi connectivity index (χ2v) is 6.08. The van der Waals surface area contributed by atoms with Gasteiger partial charge in [-0.2, -0.15) is 0 Å². The van der Waals surface area contributed by atoms with Crippen molar-refractivity contribution in [2.45, 2.75) is 32.8 Å². The quantitative estimate of drug-likeness (QED) is 0.463. The van der Waals surface area contributed by atoms with Crippen LogP contribution in [0.25, 0.3) is 0 Å². The molecule has 4 N–H and O–H groups in total. The minimum atomic E-state index is 0.244. The molecule has 0 aliphatic rings. The summed E-state index contributed by atoms with van der Waals surface area (Å²) in [6.45, 7) is 4.66. The van der Waals surface area contributed by atoms with E-state index in [1.54, 1.807) is 0 Å². The van der Waals surface area contributed by atoms with Gasteiger partial charge in [0.15, 0.2) is 0 Å². The van der Waals surface area contributed by atoms with Gasteiger partial charge in [-0.25, -0.2) is 0 Å². The number of aryl methyl sites for hydroxylation is 2.